The molecule has 1 aliphatic rings. The zero-order valence-electron chi connectivity index (χ0n) is 12.6. The molecular weight excluding hydrogens is 248 g/mol. The van der Waals surface area contributed by atoms with Crippen LogP contribution in [0.4, 0.5) is 0 Å². The Morgan fingerprint density at radius 3 is 2.55 bits per heavy atom. The van der Waals surface area contributed by atoms with Crippen molar-refractivity contribution in [3.05, 3.63) is 53.0 Å². The van der Waals surface area contributed by atoms with Gasteiger partial charge in [-0.25, -0.2) is 0 Å². The second-order valence-electron chi connectivity index (χ2n) is 5.53. The van der Waals surface area contributed by atoms with Crippen molar-refractivity contribution in [3.8, 4) is 0 Å². The van der Waals surface area contributed by atoms with Gasteiger partial charge in [-0.05, 0) is 55.4 Å². The van der Waals surface area contributed by atoms with Crippen molar-refractivity contribution in [2.75, 3.05) is 0 Å². The summed E-state index contributed by atoms with van der Waals surface area (Å²) >= 11 is 0. The predicted molar refractivity (Wildman–Crippen MR) is 81.6 cm³/mol. The van der Waals surface area contributed by atoms with Gasteiger partial charge in [0, 0.05) is 19.8 Å². The van der Waals surface area contributed by atoms with E-state index in [1.807, 2.05) is 0 Å². The summed E-state index contributed by atoms with van der Waals surface area (Å²) in [6, 6.07) is 4.35. The van der Waals surface area contributed by atoms with Gasteiger partial charge in [0.25, 0.3) is 0 Å². The molecule has 20 heavy (non-hydrogen) atoms. The number of aryl methyl sites for hydroxylation is 2. The molecule has 1 radical (unpaired) electrons. The first-order valence-corrected chi connectivity index (χ1v) is 7.29. The number of fused-ring (bicyclic) bond motifs is 1. The van der Waals surface area contributed by atoms with Gasteiger partial charge < -0.3 is 4.74 Å². The number of ether oxygens (including phenoxy) is 1. The minimum atomic E-state index is -0.195. The second kappa shape index (κ2) is 6.74. The summed E-state index contributed by atoms with van der Waals surface area (Å²) in [6.07, 6.45) is 10.1. The van der Waals surface area contributed by atoms with E-state index in [9.17, 15) is 4.79 Å². The quantitative estimate of drug-likeness (QED) is 0.572. The fourth-order valence-corrected chi connectivity index (χ4v) is 2.80. The third kappa shape index (κ3) is 3.72. The van der Waals surface area contributed by atoms with Crippen molar-refractivity contribution in [1.82, 2.24) is 0 Å². The lowest BCUT2D eigenvalue weighted by Crippen LogP contribution is -2.20. The molecule has 107 valence electrons. The van der Waals surface area contributed by atoms with Crippen LogP contribution in [0.15, 0.2) is 24.3 Å². The number of carbonyl (C=O) groups excluding carboxylic acids is 1. The van der Waals surface area contributed by atoms with Crippen molar-refractivity contribution < 1.29 is 9.53 Å². The lowest BCUT2D eigenvalue weighted by Gasteiger charge is -2.21. The van der Waals surface area contributed by atoms with Crippen molar-refractivity contribution in [3.63, 3.8) is 0 Å². The summed E-state index contributed by atoms with van der Waals surface area (Å²) in [5, 5.41) is 0. The van der Waals surface area contributed by atoms with Crippen LogP contribution in [0.1, 0.15) is 42.0 Å². The van der Waals surface area contributed by atoms with Crippen molar-refractivity contribution in [1.29, 1.82) is 0 Å². The number of rotatable bonds is 1. The van der Waals surface area contributed by atoms with Crippen molar-refractivity contribution >= 4 is 5.97 Å². The van der Waals surface area contributed by atoms with Gasteiger partial charge in [-0.2, -0.15) is 0 Å². The standard InChI is InChI=1S/C18H23O2/c1-13-10-11-14(2)18-12-16(20-15(3)19)8-6-4-5-7-9-17(13)18/h4,6-7,10-11,16H,5,8-9,12H2,1-3H3/b6-4-. The molecule has 2 rings (SSSR count). The van der Waals surface area contributed by atoms with Crippen LogP contribution in [0.2, 0.25) is 0 Å². The fraction of sp³-hybridized carbons (Fsp3) is 0.444. The summed E-state index contributed by atoms with van der Waals surface area (Å²) in [6.45, 7) is 5.79. The Kier molecular flexibility index (Phi) is 4.99. The fourth-order valence-electron chi connectivity index (χ4n) is 2.80. The summed E-state index contributed by atoms with van der Waals surface area (Å²) < 4.78 is 5.47. The molecule has 2 nitrogen and oxygen atoms in total. The molecule has 0 aliphatic heterocycles. The molecule has 0 spiro atoms. The first-order chi connectivity index (χ1) is 9.58. The molecule has 0 aromatic heterocycles. The number of hydrogen-bond donors (Lipinski definition) is 0. The Hall–Kier alpha value is -1.57. The number of carbonyl (C=O) groups is 1. The molecule has 0 saturated heterocycles. The van der Waals surface area contributed by atoms with E-state index in [1.165, 1.54) is 29.2 Å². The van der Waals surface area contributed by atoms with E-state index < -0.39 is 0 Å². The molecule has 0 fully saturated rings. The maximum absolute atomic E-state index is 11.3. The Bertz CT molecular complexity index is 514. The molecule has 0 amide bonds. The molecule has 1 unspecified atom stereocenters. The lowest BCUT2D eigenvalue weighted by molar-refractivity contribution is -0.146. The third-order valence-corrected chi connectivity index (χ3v) is 3.88. The van der Waals surface area contributed by atoms with Gasteiger partial charge in [-0.3, -0.25) is 4.79 Å². The number of benzene rings is 1. The Labute approximate surface area is 121 Å². The predicted octanol–water partition coefficient (Wildman–Crippen LogP) is 3.87. The summed E-state index contributed by atoms with van der Waals surface area (Å²) in [5.74, 6) is -0.195. The molecule has 0 saturated carbocycles. The average Bonchev–Trinajstić information content (AvgIpc) is 2.40. The highest BCUT2D eigenvalue weighted by molar-refractivity contribution is 5.66. The van der Waals surface area contributed by atoms with Gasteiger partial charge in [0.2, 0.25) is 0 Å². The average molecular weight is 271 g/mol. The summed E-state index contributed by atoms with van der Waals surface area (Å²) in [5.41, 5.74) is 5.37. The zero-order chi connectivity index (χ0) is 14.5. The Balaban J connectivity index is 2.34. The number of hydrogen-bond acceptors (Lipinski definition) is 2. The highest BCUT2D eigenvalue weighted by Crippen LogP contribution is 2.24. The van der Waals surface area contributed by atoms with E-state index in [1.54, 1.807) is 0 Å². The van der Waals surface area contributed by atoms with Crippen LogP contribution in [0.25, 0.3) is 0 Å². The molecular formula is C18H23O2. The van der Waals surface area contributed by atoms with Crippen molar-refractivity contribution in [2.24, 2.45) is 0 Å². The molecule has 1 aliphatic carbocycles. The monoisotopic (exact) mass is 271 g/mol. The van der Waals surface area contributed by atoms with E-state index in [0.29, 0.717) is 0 Å². The largest absolute Gasteiger partial charge is 0.462 e. The van der Waals surface area contributed by atoms with Crippen LogP contribution in [0.5, 0.6) is 0 Å². The van der Waals surface area contributed by atoms with E-state index in [2.05, 4.69) is 44.6 Å². The van der Waals surface area contributed by atoms with E-state index in [-0.39, 0.29) is 12.1 Å². The normalized spacial score (nSPS) is 20.9. The van der Waals surface area contributed by atoms with Gasteiger partial charge in [0.15, 0.2) is 0 Å². The molecule has 0 heterocycles. The topological polar surface area (TPSA) is 26.3 Å². The van der Waals surface area contributed by atoms with E-state index >= 15 is 0 Å². The zero-order valence-corrected chi connectivity index (χ0v) is 12.6. The Morgan fingerprint density at radius 2 is 1.85 bits per heavy atom. The molecule has 0 bridgehead atoms. The van der Waals surface area contributed by atoms with Gasteiger partial charge in [-0.1, -0.05) is 24.3 Å². The molecule has 2 heteroatoms. The molecule has 0 N–H and O–H groups in total. The minimum absolute atomic E-state index is 0.0545. The van der Waals surface area contributed by atoms with Gasteiger partial charge >= 0.3 is 5.97 Å². The molecule has 1 atom stereocenters. The van der Waals surface area contributed by atoms with Crippen LogP contribution in [0, 0.1) is 20.3 Å². The minimum Gasteiger partial charge on any atom is -0.462 e. The van der Waals surface area contributed by atoms with Crippen LogP contribution >= 0.6 is 0 Å². The van der Waals surface area contributed by atoms with Crippen LogP contribution in [0.3, 0.4) is 0 Å². The second-order valence-corrected chi connectivity index (χ2v) is 5.53. The van der Waals surface area contributed by atoms with Gasteiger partial charge in [0.05, 0.1) is 0 Å². The number of allylic oxidation sites excluding steroid dienone is 1. The van der Waals surface area contributed by atoms with Crippen LogP contribution < -0.4 is 0 Å². The number of esters is 1. The summed E-state index contributed by atoms with van der Waals surface area (Å²) in [4.78, 5) is 11.3. The van der Waals surface area contributed by atoms with Gasteiger partial charge in [-0.15, -0.1) is 0 Å². The highest BCUT2D eigenvalue weighted by atomic mass is 16.5. The summed E-state index contributed by atoms with van der Waals surface area (Å²) in [7, 11) is 0. The first kappa shape index (κ1) is 14.8. The van der Waals surface area contributed by atoms with Crippen molar-refractivity contribution in [2.45, 2.75) is 52.6 Å². The van der Waals surface area contributed by atoms with Crippen LogP contribution in [-0.2, 0) is 22.4 Å². The lowest BCUT2D eigenvalue weighted by atomic mass is 9.89. The smallest absolute Gasteiger partial charge is 0.302 e. The molecule has 1 aromatic carbocycles. The van der Waals surface area contributed by atoms with Gasteiger partial charge in [0.1, 0.15) is 6.10 Å². The van der Waals surface area contributed by atoms with E-state index in [4.69, 9.17) is 4.74 Å². The highest BCUT2D eigenvalue weighted by Gasteiger charge is 2.17. The van der Waals surface area contributed by atoms with E-state index in [0.717, 1.165) is 25.7 Å². The third-order valence-electron chi connectivity index (χ3n) is 3.88. The maximum atomic E-state index is 11.3. The SMILES string of the molecule is CC(=O)OC1C/C=C\C[CH]Cc2c(C)ccc(C)c2C1. The maximum Gasteiger partial charge on any atom is 0.302 e. The Morgan fingerprint density at radius 1 is 1.15 bits per heavy atom. The first-order valence-electron chi connectivity index (χ1n) is 7.29. The van der Waals surface area contributed by atoms with Crippen LogP contribution in [-0.4, -0.2) is 12.1 Å². The molecule has 1 aromatic rings.